The maximum Gasteiger partial charge on any atom is 0.251 e. The Balaban J connectivity index is 1.68. The molecule has 4 heteroatoms. The molecule has 1 amide bonds. The molecule has 112 valence electrons. The molecule has 2 heterocycles. The fourth-order valence-electron chi connectivity index (χ4n) is 4.02. The summed E-state index contributed by atoms with van der Waals surface area (Å²) in [5.74, 6) is 0.620. The molecule has 0 bridgehead atoms. The molecule has 4 nitrogen and oxygen atoms in total. The molecule has 3 aliphatic rings. The highest BCUT2D eigenvalue weighted by Crippen LogP contribution is 2.33. The zero-order valence-electron chi connectivity index (χ0n) is 12.2. The quantitative estimate of drug-likeness (QED) is 0.779. The maximum atomic E-state index is 12.6. The van der Waals surface area contributed by atoms with Crippen molar-refractivity contribution in [2.24, 2.45) is 5.92 Å². The van der Waals surface area contributed by atoms with E-state index in [1.807, 2.05) is 4.90 Å². The molecule has 20 heavy (non-hydrogen) atoms. The third-order valence-electron chi connectivity index (χ3n) is 5.10. The van der Waals surface area contributed by atoms with Gasteiger partial charge in [-0.05, 0) is 44.9 Å². The first-order valence-corrected chi connectivity index (χ1v) is 8.22. The van der Waals surface area contributed by atoms with Crippen molar-refractivity contribution in [2.45, 2.75) is 69.9 Å². The largest absolute Gasteiger partial charge is 0.368 e. The van der Waals surface area contributed by atoms with Crippen LogP contribution in [0, 0.1) is 5.92 Å². The highest BCUT2D eigenvalue weighted by molar-refractivity contribution is 5.85. The standard InChI is InChI=1S/C16H25NO3/c18-14-8-2-1-6-12(14)13-7-5-10-17(13)16(19)15-9-3-4-11-20-15/h12-13,15H,1-11H2. The number of ketones is 1. The number of hydrogen-bond acceptors (Lipinski definition) is 3. The van der Waals surface area contributed by atoms with E-state index in [4.69, 9.17) is 4.74 Å². The minimum absolute atomic E-state index is 0.0961. The van der Waals surface area contributed by atoms with Crippen LogP contribution in [0.1, 0.15) is 57.8 Å². The van der Waals surface area contributed by atoms with Gasteiger partial charge < -0.3 is 9.64 Å². The van der Waals surface area contributed by atoms with Crippen LogP contribution in [0.15, 0.2) is 0 Å². The molecule has 0 aromatic rings. The number of likely N-dealkylation sites (tertiary alicyclic amines) is 1. The molecule has 2 saturated heterocycles. The monoisotopic (exact) mass is 279 g/mol. The SMILES string of the molecule is O=C1CCCCC1C1CCCN1C(=O)C1CCCCO1. The van der Waals surface area contributed by atoms with Gasteiger partial charge in [-0.15, -0.1) is 0 Å². The molecule has 3 fully saturated rings. The lowest BCUT2D eigenvalue weighted by molar-refractivity contribution is -0.149. The molecule has 3 unspecified atom stereocenters. The summed E-state index contributed by atoms with van der Waals surface area (Å²) in [6.45, 7) is 1.52. The minimum Gasteiger partial charge on any atom is -0.368 e. The summed E-state index contributed by atoms with van der Waals surface area (Å²) in [6, 6.07) is 0.154. The average Bonchev–Trinajstić information content (AvgIpc) is 2.97. The number of Topliss-reactive ketones (excluding diaryl/α,β-unsaturated/α-hetero) is 1. The van der Waals surface area contributed by atoms with Gasteiger partial charge in [0.05, 0.1) is 0 Å². The molecule has 0 aromatic heterocycles. The van der Waals surface area contributed by atoms with E-state index < -0.39 is 0 Å². The molecular weight excluding hydrogens is 254 g/mol. The third kappa shape index (κ3) is 2.76. The summed E-state index contributed by atoms with van der Waals surface area (Å²) in [4.78, 5) is 26.8. The van der Waals surface area contributed by atoms with E-state index in [9.17, 15) is 9.59 Å². The predicted molar refractivity (Wildman–Crippen MR) is 75.3 cm³/mol. The Hall–Kier alpha value is -0.900. The van der Waals surface area contributed by atoms with E-state index in [-0.39, 0.29) is 24.0 Å². The Kier molecular flexibility index (Phi) is 4.39. The van der Waals surface area contributed by atoms with E-state index in [1.165, 1.54) is 0 Å². The zero-order chi connectivity index (χ0) is 13.9. The summed E-state index contributed by atoms with van der Waals surface area (Å²) in [5.41, 5.74) is 0. The fraction of sp³-hybridized carbons (Fsp3) is 0.875. The van der Waals surface area contributed by atoms with Crippen LogP contribution in [-0.2, 0) is 14.3 Å². The van der Waals surface area contributed by atoms with Crippen molar-refractivity contribution in [1.29, 1.82) is 0 Å². The maximum absolute atomic E-state index is 12.6. The fourth-order valence-corrected chi connectivity index (χ4v) is 4.02. The molecule has 2 aliphatic heterocycles. The van der Waals surface area contributed by atoms with Crippen LogP contribution in [0.4, 0.5) is 0 Å². The zero-order valence-corrected chi connectivity index (χ0v) is 12.2. The van der Waals surface area contributed by atoms with Gasteiger partial charge in [0.2, 0.25) is 0 Å². The van der Waals surface area contributed by atoms with Crippen molar-refractivity contribution in [3.63, 3.8) is 0 Å². The number of hydrogen-bond donors (Lipinski definition) is 0. The van der Waals surface area contributed by atoms with Gasteiger partial charge >= 0.3 is 0 Å². The Bertz CT molecular complexity index is 376. The van der Waals surface area contributed by atoms with E-state index in [0.29, 0.717) is 18.8 Å². The van der Waals surface area contributed by atoms with Gasteiger partial charge in [0.1, 0.15) is 11.9 Å². The van der Waals surface area contributed by atoms with E-state index >= 15 is 0 Å². The number of carbonyl (C=O) groups excluding carboxylic acids is 2. The molecule has 0 aromatic carbocycles. The van der Waals surface area contributed by atoms with Gasteiger partial charge in [-0.3, -0.25) is 9.59 Å². The van der Waals surface area contributed by atoms with Gasteiger partial charge in [-0.25, -0.2) is 0 Å². The molecule has 0 spiro atoms. The van der Waals surface area contributed by atoms with Crippen molar-refractivity contribution in [3.8, 4) is 0 Å². The summed E-state index contributed by atoms with van der Waals surface area (Å²) in [7, 11) is 0. The summed E-state index contributed by atoms with van der Waals surface area (Å²) < 4.78 is 5.64. The van der Waals surface area contributed by atoms with Crippen molar-refractivity contribution in [2.75, 3.05) is 13.2 Å². The van der Waals surface area contributed by atoms with Crippen molar-refractivity contribution >= 4 is 11.7 Å². The van der Waals surface area contributed by atoms with Crippen molar-refractivity contribution in [3.05, 3.63) is 0 Å². The number of rotatable bonds is 2. The normalized spacial score (nSPS) is 35.3. The van der Waals surface area contributed by atoms with Gasteiger partial charge in [-0.2, -0.15) is 0 Å². The smallest absolute Gasteiger partial charge is 0.251 e. The lowest BCUT2D eigenvalue weighted by Gasteiger charge is -2.35. The Labute approximate surface area is 120 Å². The lowest BCUT2D eigenvalue weighted by Crippen LogP contribution is -2.48. The molecule has 3 rings (SSSR count). The summed E-state index contributed by atoms with van der Waals surface area (Å²) >= 11 is 0. The second-order valence-corrected chi connectivity index (χ2v) is 6.42. The van der Waals surface area contributed by atoms with E-state index in [0.717, 1.165) is 57.9 Å². The van der Waals surface area contributed by atoms with Gasteiger partial charge in [0, 0.05) is 31.5 Å². The van der Waals surface area contributed by atoms with Gasteiger partial charge in [-0.1, -0.05) is 6.42 Å². The topological polar surface area (TPSA) is 46.6 Å². The first kappa shape index (κ1) is 14.1. The average molecular weight is 279 g/mol. The first-order valence-electron chi connectivity index (χ1n) is 8.22. The van der Waals surface area contributed by atoms with Crippen LogP contribution in [0.3, 0.4) is 0 Å². The molecule has 1 saturated carbocycles. The summed E-state index contributed by atoms with van der Waals surface area (Å²) in [5, 5.41) is 0. The molecular formula is C16H25NO3. The molecule has 0 radical (unpaired) electrons. The molecule has 1 aliphatic carbocycles. The van der Waals surface area contributed by atoms with Crippen LogP contribution in [-0.4, -0.2) is 41.9 Å². The van der Waals surface area contributed by atoms with Crippen LogP contribution in [0.5, 0.6) is 0 Å². The van der Waals surface area contributed by atoms with Crippen LogP contribution >= 0.6 is 0 Å². The Morgan fingerprint density at radius 3 is 2.65 bits per heavy atom. The number of carbonyl (C=O) groups is 2. The number of amides is 1. The lowest BCUT2D eigenvalue weighted by atomic mass is 9.81. The van der Waals surface area contributed by atoms with Crippen molar-refractivity contribution < 1.29 is 14.3 Å². The molecule has 0 N–H and O–H groups in total. The van der Waals surface area contributed by atoms with E-state index in [1.54, 1.807) is 0 Å². The number of nitrogens with zero attached hydrogens (tertiary/aromatic N) is 1. The number of ether oxygens (including phenoxy) is 1. The highest BCUT2D eigenvalue weighted by Gasteiger charge is 2.41. The van der Waals surface area contributed by atoms with Crippen LogP contribution in [0.2, 0.25) is 0 Å². The van der Waals surface area contributed by atoms with Crippen molar-refractivity contribution in [1.82, 2.24) is 4.90 Å². The summed E-state index contributed by atoms with van der Waals surface area (Å²) in [6.07, 6.45) is 8.62. The Morgan fingerprint density at radius 2 is 1.90 bits per heavy atom. The van der Waals surface area contributed by atoms with Gasteiger partial charge in [0.15, 0.2) is 0 Å². The highest BCUT2D eigenvalue weighted by atomic mass is 16.5. The minimum atomic E-state index is -0.247. The van der Waals surface area contributed by atoms with Crippen LogP contribution < -0.4 is 0 Å². The van der Waals surface area contributed by atoms with Crippen LogP contribution in [0.25, 0.3) is 0 Å². The predicted octanol–water partition coefficient (Wildman–Crippen LogP) is 2.31. The second kappa shape index (κ2) is 6.25. The van der Waals surface area contributed by atoms with Gasteiger partial charge in [0.25, 0.3) is 5.91 Å². The first-order chi connectivity index (χ1) is 9.77. The third-order valence-corrected chi connectivity index (χ3v) is 5.10. The van der Waals surface area contributed by atoms with E-state index in [2.05, 4.69) is 0 Å². The Morgan fingerprint density at radius 1 is 1.05 bits per heavy atom. The molecule has 3 atom stereocenters. The second-order valence-electron chi connectivity index (χ2n) is 6.42.